The van der Waals surface area contributed by atoms with E-state index in [4.69, 9.17) is 14.0 Å². The molecule has 1 amide bonds. The number of ether oxygens (including phenoxy) is 2. The maximum atomic E-state index is 12.2. The zero-order valence-corrected chi connectivity index (χ0v) is 13.7. The number of nitrogens with one attached hydrogen (secondary N) is 1. The van der Waals surface area contributed by atoms with E-state index in [1.807, 2.05) is 24.3 Å². The van der Waals surface area contributed by atoms with Gasteiger partial charge in [-0.25, -0.2) is 0 Å². The SMILES string of the molecule is COc1ccc(CNC(=O)c2cc(CN3CCOCC3)on2)cc1. The normalized spacial score (nSPS) is 15.2. The van der Waals surface area contributed by atoms with Gasteiger partial charge in [0, 0.05) is 25.7 Å². The van der Waals surface area contributed by atoms with Gasteiger partial charge in [-0.05, 0) is 17.7 Å². The maximum Gasteiger partial charge on any atom is 0.273 e. The number of aromatic nitrogens is 1. The van der Waals surface area contributed by atoms with Crippen molar-refractivity contribution in [2.75, 3.05) is 33.4 Å². The summed E-state index contributed by atoms with van der Waals surface area (Å²) >= 11 is 0. The fourth-order valence-electron chi connectivity index (χ4n) is 2.49. The predicted octanol–water partition coefficient (Wildman–Crippen LogP) is 1.45. The lowest BCUT2D eigenvalue weighted by Gasteiger charge is -2.25. The van der Waals surface area contributed by atoms with E-state index in [1.165, 1.54) is 0 Å². The first kappa shape index (κ1) is 16.5. The third-order valence-electron chi connectivity index (χ3n) is 3.89. The smallest absolute Gasteiger partial charge is 0.273 e. The van der Waals surface area contributed by atoms with Crippen LogP contribution >= 0.6 is 0 Å². The van der Waals surface area contributed by atoms with Crippen molar-refractivity contribution in [1.82, 2.24) is 15.4 Å². The molecule has 1 saturated heterocycles. The second kappa shape index (κ2) is 7.94. The van der Waals surface area contributed by atoms with Gasteiger partial charge in [-0.1, -0.05) is 17.3 Å². The quantitative estimate of drug-likeness (QED) is 0.863. The molecule has 3 rings (SSSR count). The van der Waals surface area contributed by atoms with E-state index in [1.54, 1.807) is 13.2 Å². The summed E-state index contributed by atoms with van der Waals surface area (Å²) in [6.45, 7) is 4.24. The van der Waals surface area contributed by atoms with E-state index < -0.39 is 0 Å². The zero-order chi connectivity index (χ0) is 16.8. The lowest BCUT2D eigenvalue weighted by atomic mass is 10.2. The highest BCUT2D eigenvalue weighted by Gasteiger charge is 2.16. The first-order valence-corrected chi connectivity index (χ1v) is 7.91. The zero-order valence-electron chi connectivity index (χ0n) is 13.7. The van der Waals surface area contributed by atoms with Gasteiger partial charge >= 0.3 is 0 Å². The predicted molar refractivity (Wildman–Crippen MR) is 86.8 cm³/mol. The highest BCUT2D eigenvalue weighted by Crippen LogP contribution is 2.12. The number of amides is 1. The van der Waals surface area contributed by atoms with E-state index in [0.717, 1.165) is 37.6 Å². The van der Waals surface area contributed by atoms with Gasteiger partial charge in [0.05, 0.1) is 26.9 Å². The van der Waals surface area contributed by atoms with Crippen molar-refractivity contribution in [3.8, 4) is 5.75 Å². The van der Waals surface area contributed by atoms with Crippen molar-refractivity contribution in [3.63, 3.8) is 0 Å². The van der Waals surface area contributed by atoms with Crippen LogP contribution in [0.3, 0.4) is 0 Å². The van der Waals surface area contributed by atoms with Crippen molar-refractivity contribution in [2.24, 2.45) is 0 Å². The van der Waals surface area contributed by atoms with Crippen LogP contribution in [0.4, 0.5) is 0 Å². The van der Waals surface area contributed by atoms with Crippen LogP contribution in [0.25, 0.3) is 0 Å². The Morgan fingerprint density at radius 2 is 2.04 bits per heavy atom. The summed E-state index contributed by atoms with van der Waals surface area (Å²) in [5.41, 5.74) is 1.29. The number of hydrogen-bond donors (Lipinski definition) is 1. The summed E-state index contributed by atoms with van der Waals surface area (Å²) in [5, 5.41) is 6.69. The van der Waals surface area contributed by atoms with Crippen LogP contribution in [0.1, 0.15) is 21.8 Å². The molecule has 0 radical (unpaired) electrons. The van der Waals surface area contributed by atoms with E-state index in [9.17, 15) is 4.79 Å². The Morgan fingerprint density at radius 3 is 2.75 bits per heavy atom. The fourth-order valence-corrected chi connectivity index (χ4v) is 2.49. The Hall–Kier alpha value is -2.38. The molecule has 1 aliphatic heterocycles. The minimum atomic E-state index is -0.247. The number of carbonyl (C=O) groups is 1. The standard InChI is InChI=1S/C17H21N3O4/c1-22-14-4-2-13(3-5-14)11-18-17(21)16-10-15(24-19-16)12-20-6-8-23-9-7-20/h2-5,10H,6-9,11-12H2,1H3,(H,18,21). The van der Waals surface area contributed by atoms with E-state index in [0.29, 0.717) is 24.5 Å². The molecule has 1 aromatic carbocycles. The molecule has 7 nitrogen and oxygen atoms in total. The average molecular weight is 331 g/mol. The summed E-state index contributed by atoms with van der Waals surface area (Å²) in [7, 11) is 1.62. The molecule has 2 heterocycles. The topological polar surface area (TPSA) is 76.8 Å². The first-order valence-electron chi connectivity index (χ1n) is 7.91. The molecule has 24 heavy (non-hydrogen) atoms. The molecule has 1 aromatic heterocycles. The maximum absolute atomic E-state index is 12.2. The van der Waals surface area contributed by atoms with Gasteiger partial charge in [-0.15, -0.1) is 0 Å². The third-order valence-corrected chi connectivity index (χ3v) is 3.89. The highest BCUT2D eigenvalue weighted by atomic mass is 16.5. The molecule has 0 spiro atoms. The number of carbonyl (C=O) groups excluding carboxylic acids is 1. The molecule has 128 valence electrons. The molecule has 1 N–H and O–H groups in total. The first-order chi connectivity index (χ1) is 11.7. The second-order valence-electron chi connectivity index (χ2n) is 5.60. The molecular formula is C17H21N3O4. The van der Waals surface area contributed by atoms with Crippen LogP contribution in [-0.4, -0.2) is 49.4 Å². The fraction of sp³-hybridized carbons (Fsp3) is 0.412. The van der Waals surface area contributed by atoms with Crippen molar-refractivity contribution < 1.29 is 18.8 Å². The van der Waals surface area contributed by atoms with Crippen molar-refractivity contribution >= 4 is 5.91 Å². The lowest BCUT2D eigenvalue weighted by Crippen LogP contribution is -2.35. The summed E-state index contributed by atoms with van der Waals surface area (Å²) in [5.74, 6) is 1.23. The lowest BCUT2D eigenvalue weighted by molar-refractivity contribution is 0.0305. The van der Waals surface area contributed by atoms with Crippen LogP contribution < -0.4 is 10.1 Å². The van der Waals surface area contributed by atoms with E-state index in [-0.39, 0.29) is 5.91 Å². The monoisotopic (exact) mass is 331 g/mol. The van der Waals surface area contributed by atoms with Gasteiger partial charge in [0.25, 0.3) is 5.91 Å². The van der Waals surface area contributed by atoms with Gasteiger partial charge in [-0.3, -0.25) is 9.69 Å². The highest BCUT2D eigenvalue weighted by molar-refractivity contribution is 5.92. The van der Waals surface area contributed by atoms with E-state index in [2.05, 4.69) is 15.4 Å². The Labute approximate surface area is 140 Å². The number of methoxy groups -OCH3 is 1. The molecule has 0 aliphatic carbocycles. The molecule has 1 fully saturated rings. The number of hydrogen-bond acceptors (Lipinski definition) is 6. The van der Waals surface area contributed by atoms with Crippen LogP contribution in [-0.2, 0) is 17.8 Å². The summed E-state index contributed by atoms with van der Waals surface area (Å²) in [4.78, 5) is 14.4. The van der Waals surface area contributed by atoms with Crippen LogP contribution in [0.5, 0.6) is 5.75 Å². The summed E-state index contributed by atoms with van der Waals surface area (Å²) in [6.07, 6.45) is 0. The van der Waals surface area contributed by atoms with Crippen molar-refractivity contribution in [2.45, 2.75) is 13.1 Å². The van der Waals surface area contributed by atoms with Crippen molar-refractivity contribution in [3.05, 3.63) is 47.3 Å². The Kier molecular flexibility index (Phi) is 5.45. The van der Waals surface area contributed by atoms with Gasteiger partial charge in [0.15, 0.2) is 11.5 Å². The van der Waals surface area contributed by atoms with E-state index >= 15 is 0 Å². The molecule has 7 heteroatoms. The molecule has 0 bridgehead atoms. The van der Waals surface area contributed by atoms with Crippen molar-refractivity contribution in [1.29, 1.82) is 0 Å². The molecule has 2 aromatic rings. The number of rotatable bonds is 6. The van der Waals surface area contributed by atoms with Crippen LogP contribution in [0.15, 0.2) is 34.9 Å². The average Bonchev–Trinajstić information content (AvgIpc) is 3.09. The van der Waals surface area contributed by atoms with Crippen LogP contribution in [0, 0.1) is 0 Å². The second-order valence-corrected chi connectivity index (χ2v) is 5.60. The van der Waals surface area contributed by atoms with Gasteiger partial charge in [-0.2, -0.15) is 0 Å². The largest absolute Gasteiger partial charge is 0.497 e. The number of benzene rings is 1. The minimum absolute atomic E-state index is 0.247. The molecule has 1 aliphatic rings. The third kappa shape index (κ3) is 4.33. The Morgan fingerprint density at radius 1 is 1.29 bits per heavy atom. The Balaban J connectivity index is 1.51. The molecular weight excluding hydrogens is 310 g/mol. The molecule has 0 unspecified atom stereocenters. The number of morpholine rings is 1. The molecule has 0 saturated carbocycles. The van der Waals surface area contributed by atoms with Gasteiger partial charge < -0.3 is 19.3 Å². The number of nitrogens with zero attached hydrogens (tertiary/aromatic N) is 2. The molecule has 0 atom stereocenters. The van der Waals surface area contributed by atoms with Gasteiger partial charge in [0.2, 0.25) is 0 Å². The summed E-state index contributed by atoms with van der Waals surface area (Å²) < 4.78 is 15.7. The van der Waals surface area contributed by atoms with Crippen LogP contribution in [0.2, 0.25) is 0 Å². The van der Waals surface area contributed by atoms with Gasteiger partial charge in [0.1, 0.15) is 5.75 Å². The minimum Gasteiger partial charge on any atom is -0.497 e. The Bertz CT molecular complexity index is 663. The summed E-state index contributed by atoms with van der Waals surface area (Å²) in [6, 6.07) is 9.23.